The van der Waals surface area contributed by atoms with E-state index >= 15 is 0 Å². The van der Waals surface area contributed by atoms with E-state index in [1.54, 1.807) is 24.3 Å². The Balaban J connectivity index is 0.000000490. The summed E-state index contributed by atoms with van der Waals surface area (Å²) in [6.07, 6.45) is 0. The molecule has 0 aromatic heterocycles. The molecule has 0 aliphatic heterocycles. The molecule has 0 saturated carbocycles. The first-order valence-electron chi connectivity index (χ1n) is 2.13. The average Bonchev–Trinajstić information content (AvgIpc) is 1.69. The number of aromatic hydroxyl groups is 1. The van der Waals surface area contributed by atoms with Crippen molar-refractivity contribution in [3.63, 3.8) is 0 Å². The van der Waals surface area contributed by atoms with Crippen LogP contribution in [0.25, 0.3) is 0 Å². The van der Waals surface area contributed by atoms with Crippen molar-refractivity contribution in [2.24, 2.45) is 0 Å². The van der Waals surface area contributed by atoms with Crippen LogP contribution in [0.1, 0.15) is 0 Å². The molecule has 0 bridgehead atoms. The van der Waals surface area contributed by atoms with Gasteiger partial charge in [0.2, 0.25) is 0 Å². The van der Waals surface area contributed by atoms with E-state index in [9.17, 15) is 0 Å². The van der Waals surface area contributed by atoms with E-state index in [4.69, 9.17) is 5.11 Å². The molecule has 1 aromatic carbocycles. The van der Waals surface area contributed by atoms with Crippen molar-refractivity contribution in [3.05, 3.63) is 37.8 Å². The fraction of sp³-hybridized carbons (Fsp3) is 0. The maximum Gasteiger partial charge on any atom is 0.115 e. The lowest BCUT2D eigenvalue weighted by Gasteiger charge is -1.82. The second-order valence-corrected chi connectivity index (χ2v) is 1.34. The van der Waals surface area contributed by atoms with Gasteiger partial charge in [0.1, 0.15) is 5.75 Å². The summed E-state index contributed by atoms with van der Waals surface area (Å²) in [7, 11) is 0. The number of phenolic OH excluding ortho intramolecular Hbond substituents is 1. The molecule has 1 heteroatoms. The molecule has 1 aromatic rings. The zero-order valence-electron chi connectivity index (χ0n) is 4.83. The van der Waals surface area contributed by atoms with Crippen molar-refractivity contribution in [1.29, 1.82) is 0 Å². The molecule has 0 spiro atoms. The van der Waals surface area contributed by atoms with Crippen LogP contribution >= 0.6 is 0 Å². The van der Waals surface area contributed by atoms with E-state index in [1.807, 2.05) is 6.07 Å². The molecule has 0 unspecified atom stereocenters. The highest BCUT2D eigenvalue weighted by Crippen LogP contribution is 2.02. The normalized spacial score (nSPS) is 7.50. The standard InChI is InChI=1S/C6H6O.CH3/c7-6-4-2-1-3-5-6;/h1-5,7H;1H3. The maximum atomic E-state index is 8.63. The second kappa shape index (κ2) is 3.08. The van der Waals surface area contributed by atoms with Crippen LogP contribution in [0.4, 0.5) is 0 Å². The largest absolute Gasteiger partial charge is 0.508 e. The zero-order valence-corrected chi connectivity index (χ0v) is 4.83. The topological polar surface area (TPSA) is 20.2 Å². The number of para-hydroxylation sites is 1. The van der Waals surface area contributed by atoms with Crippen molar-refractivity contribution in [1.82, 2.24) is 0 Å². The summed E-state index contributed by atoms with van der Waals surface area (Å²) in [4.78, 5) is 0. The van der Waals surface area contributed by atoms with Gasteiger partial charge >= 0.3 is 0 Å². The molecule has 0 fully saturated rings. The van der Waals surface area contributed by atoms with Crippen LogP contribution in [-0.4, -0.2) is 5.11 Å². The summed E-state index contributed by atoms with van der Waals surface area (Å²) in [6.45, 7) is 0. The Hall–Kier alpha value is -0.980. The highest BCUT2D eigenvalue weighted by molar-refractivity contribution is 5.18. The van der Waals surface area contributed by atoms with E-state index in [1.165, 1.54) is 0 Å². The molecule has 1 nitrogen and oxygen atoms in total. The Bertz CT molecular complexity index is 134. The fourth-order valence-electron chi connectivity index (χ4n) is 0.428. The molecule has 0 atom stereocenters. The number of benzene rings is 1. The van der Waals surface area contributed by atoms with Gasteiger partial charge in [0.15, 0.2) is 0 Å². The minimum atomic E-state index is 0. The molecule has 8 heavy (non-hydrogen) atoms. The summed E-state index contributed by atoms with van der Waals surface area (Å²) < 4.78 is 0. The van der Waals surface area contributed by atoms with Crippen LogP contribution in [0.15, 0.2) is 30.3 Å². The van der Waals surface area contributed by atoms with Crippen LogP contribution in [0.5, 0.6) is 5.75 Å². The SMILES string of the molecule is Oc1ccccc1.[CH3]. The van der Waals surface area contributed by atoms with E-state index in [0.717, 1.165) is 0 Å². The van der Waals surface area contributed by atoms with Gasteiger partial charge in [-0.15, -0.1) is 0 Å². The molecule has 1 rings (SSSR count). The van der Waals surface area contributed by atoms with Gasteiger partial charge in [-0.25, -0.2) is 0 Å². The van der Waals surface area contributed by atoms with Gasteiger partial charge in [-0.3, -0.25) is 0 Å². The first kappa shape index (κ1) is 7.02. The highest BCUT2D eigenvalue weighted by Gasteiger charge is 1.74. The number of hydrogen-bond donors (Lipinski definition) is 1. The average molecular weight is 109 g/mol. The maximum absolute atomic E-state index is 8.63. The summed E-state index contributed by atoms with van der Waals surface area (Å²) in [6, 6.07) is 8.71. The molecule has 1 radical (unpaired) electrons. The van der Waals surface area contributed by atoms with E-state index in [-0.39, 0.29) is 7.43 Å². The Kier molecular flexibility index (Phi) is 2.70. The third kappa shape index (κ3) is 1.65. The van der Waals surface area contributed by atoms with E-state index < -0.39 is 0 Å². The predicted molar refractivity (Wildman–Crippen MR) is 34.5 cm³/mol. The van der Waals surface area contributed by atoms with E-state index in [0.29, 0.717) is 5.75 Å². The van der Waals surface area contributed by atoms with Gasteiger partial charge in [0, 0.05) is 0 Å². The van der Waals surface area contributed by atoms with Crippen molar-refractivity contribution >= 4 is 0 Å². The third-order valence-corrected chi connectivity index (χ3v) is 0.756. The highest BCUT2D eigenvalue weighted by atomic mass is 16.3. The summed E-state index contributed by atoms with van der Waals surface area (Å²) in [5, 5.41) is 8.63. The molecule has 43 valence electrons. The first-order valence-corrected chi connectivity index (χ1v) is 2.13. The second-order valence-electron chi connectivity index (χ2n) is 1.34. The quantitative estimate of drug-likeness (QED) is 0.539. The van der Waals surface area contributed by atoms with Gasteiger partial charge in [0.25, 0.3) is 0 Å². The Morgan fingerprint density at radius 1 is 1.00 bits per heavy atom. The third-order valence-electron chi connectivity index (χ3n) is 0.756. The summed E-state index contributed by atoms with van der Waals surface area (Å²) >= 11 is 0. The number of hydrogen-bond acceptors (Lipinski definition) is 1. The predicted octanol–water partition coefficient (Wildman–Crippen LogP) is 1.84. The summed E-state index contributed by atoms with van der Waals surface area (Å²) in [5.41, 5.74) is 0. The molecule has 1 N–H and O–H groups in total. The van der Waals surface area contributed by atoms with Gasteiger partial charge in [0.05, 0.1) is 0 Å². The smallest absolute Gasteiger partial charge is 0.115 e. The van der Waals surface area contributed by atoms with Crippen LogP contribution in [0, 0.1) is 7.43 Å². The van der Waals surface area contributed by atoms with Crippen molar-refractivity contribution in [2.75, 3.05) is 0 Å². The van der Waals surface area contributed by atoms with Crippen LogP contribution in [0.3, 0.4) is 0 Å². The molecular weight excluding hydrogens is 100 g/mol. The number of phenols is 1. The molecular formula is C7H9O. The molecule has 0 heterocycles. The van der Waals surface area contributed by atoms with Gasteiger partial charge < -0.3 is 5.11 Å². The van der Waals surface area contributed by atoms with Crippen LogP contribution in [-0.2, 0) is 0 Å². The monoisotopic (exact) mass is 109 g/mol. The zero-order chi connectivity index (χ0) is 5.11. The molecule has 0 saturated heterocycles. The first-order chi connectivity index (χ1) is 3.39. The Morgan fingerprint density at radius 3 is 1.75 bits per heavy atom. The van der Waals surface area contributed by atoms with Gasteiger partial charge in [-0.05, 0) is 12.1 Å². The summed E-state index contributed by atoms with van der Waals surface area (Å²) in [5.74, 6) is 0.322. The Morgan fingerprint density at radius 2 is 1.50 bits per heavy atom. The minimum absolute atomic E-state index is 0. The molecule has 0 aliphatic carbocycles. The van der Waals surface area contributed by atoms with Crippen LogP contribution < -0.4 is 0 Å². The van der Waals surface area contributed by atoms with Crippen molar-refractivity contribution in [2.45, 2.75) is 0 Å². The van der Waals surface area contributed by atoms with Gasteiger partial charge in [-0.2, -0.15) is 0 Å². The van der Waals surface area contributed by atoms with Crippen molar-refractivity contribution in [3.8, 4) is 5.75 Å². The Labute approximate surface area is 49.6 Å². The minimum Gasteiger partial charge on any atom is -0.508 e. The van der Waals surface area contributed by atoms with Gasteiger partial charge in [-0.1, -0.05) is 25.6 Å². The van der Waals surface area contributed by atoms with E-state index in [2.05, 4.69) is 0 Å². The lowest BCUT2D eigenvalue weighted by molar-refractivity contribution is 0.475. The van der Waals surface area contributed by atoms with Crippen LogP contribution in [0.2, 0.25) is 0 Å². The van der Waals surface area contributed by atoms with Crippen molar-refractivity contribution < 1.29 is 5.11 Å². The number of rotatable bonds is 0. The lowest BCUT2D eigenvalue weighted by Crippen LogP contribution is -1.56. The molecule has 0 aliphatic rings. The fourth-order valence-corrected chi connectivity index (χ4v) is 0.428. The molecule has 0 amide bonds. The lowest BCUT2D eigenvalue weighted by atomic mass is 10.3.